The zero-order valence-electron chi connectivity index (χ0n) is 9.18. The van der Waals surface area contributed by atoms with Crippen LogP contribution in [0.2, 0.25) is 0 Å². The van der Waals surface area contributed by atoms with E-state index in [1.807, 2.05) is 0 Å². The van der Waals surface area contributed by atoms with Gasteiger partial charge in [0, 0.05) is 6.54 Å². The lowest BCUT2D eigenvalue weighted by molar-refractivity contribution is -0.136. The Morgan fingerprint density at radius 1 is 1.29 bits per heavy atom. The molecule has 1 aromatic rings. The summed E-state index contributed by atoms with van der Waals surface area (Å²) in [5.74, 6) is -0.880. The lowest BCUT2D eigenvalue weighted by Gasteiger charge is -2.05. The van der Waals surface area contributed by atoms with Crippen LogP contribution in [-0.2, 0) is 16.1 Å². The van der Waals surface area contributed by atoms with E-state index in [9.17, 15) is 9.59 Å². The van der Waals surface area contributed by atoms with Crippen molar-refractivity contribution < 1.29 is 19.4 Å². The molecule has 0 saturated carbocycles. The van der Waals surface area contributed by atoms with E-state index in [1.165, 1.54) is 0 Å². The molecule has 1 rings (SSSR count). The second kappa shape index (κ2) is 6.49. The fourth-order valence-electron chi connectivity index (χ4n) is 1.17. The Morgan fingerprint density at radius 2 is 1.94 bits per heavy atom. The van der Waals surface area contributed by atoms with E-state index in [-0.39, 0.29) is 13.2 Å². The average molecular weight is 238 g/mol. The van der Waals surface area contributed by atoms with Gasteiger partial charge in [0.05, 0.1) is 6.54 Å². The van der Waals surface area contributed by atoms with Crippen LogP contribution in [0.5, 0.6) is 5.75 Å². The molecule has 0 radical (unpaired) electrons. The highest BCUT2D eigenvalue weighted by atomic mass is 16.5. The van der Waals surface area contributed by atoms with Crippen LogP contribution < -0.4 is 15.8 Å². The van der Waals surface area contributed by atoms with Crippen LogP contribution in [0.4, 0.5) is 0 Å². The lowest BCUT2D eigenvalue weighted by Crippen LogP contribution is -2.22. The van der Waals surface area contributed by atoms with Gasteiger partial charge in [-0.2, -0.15) is 0 Å². The van der Waals surface area contributed by atoms with E-state index in [1.54, 1.807) is 24.3 Å². The first-order valence-corrected chi connectivity index (χ1v) is 5.00. The van der Waals surface area contributed by atoms with Crippen LogP contribution >= 0.6 is 0 Å². The number of rotatable bonds is 7. The molecule has 6 nitrogen and oxygen atoms in total. The van der Waals surface area contributed by atoms with Gasteiger partial charge < -0.3 is 20.9 Å². The third-order valence-corrected chi connectivity index (χ3v) is 1.91. The molecule has 0 aliphatic rings. The zero-order valence-corrected chi connectivity index (χ0v) is 9.18. The summed E-state index contributed by atoms with van der Waals surface area (Å²) in [7, 11) is 0. The summed E-state index contributed by atoms with van der Waals surface area (Å²) in [6, 6.07) is 6.96. The molecule has 17 heavy (non-hydrogen) atoms. The van der Waals surface area contributed by atoms with E-state index in [0.29, 0.717) is 12.3 Å². The predicted octanol–water partition coefficient (Wildman–Crippen LogP) is -0.275. The number of carbonyl (C=O) groups excluding carboxylic acids is 1. The van der Waals surface area contributed by atoms with E-state index >= 15 is 0 Å². The van der Waals surface area contributed by atoms with Gasteiger partial charge in [-0.25, -0.2) is 0 Å². The number of benzene rings is 1. The minimum absolute atomic E-state index is 0.0834. The Hall–Kier alpha value is -2.08. The molecule has 0 aromatic heterocycles. The second-order valence-electron chi connectivity index (χ2n) is 3.40. The number of hydrogen-bond acceptors (Lipinski definition) is 4. The van der Waals surface area contributed by atoms with E-state index in [2.05, 4.69) is 5.32 Å². The standard InChI is InChI=1S/C11H14N2O4/c12-10(14)7-17-9-3-1-8(2-4-9)5-13-6-11(15)16/h1-4,13H,5-7H2,(H2,12,14)(H,15,16). The van der Waals surface area contributed by atoms with Gasteiger partial charge in [-0.05, 0) is 17.7 Å². The van der Waals surface area contributed by atoms with Gasteiger partial charge in [0.1, 0.15) is 5.75 Å². The van der Waals surface area contributed by atoms with E-state index in [4.69, 9.17) is 15.6 Å². The van der Waals surface area contributed by atoms with Crippen molar-refractivity contribution >= 4 is 11.9 Å². The highest BCUT2D eigenvalue weighted by Gasteiger charge is 1.99. The molecular weight excluding hydrogens is 224 g/mol. The lowest BCUT2D eigenvalue weighted by atomic mass is 10.2. The first kappa shape index (κ1) is 13.0. The number of nitrogens with one attached hydrogen (secondary N) is 1. The first-order valence-electron chi connectivity index (χ1n) is 5.00. The highest BCUT2D eigenvalue weighted by molar-refractivity contribution is 5.75. The molecule has 0 spiro atoms. The topological polar surface area (TPSA) is 102 Å². The van der Waals surface area contributed by atoms with Gasteiger partial charge >= 0.3 is 5.97 Å². The molecule has 0 unspecified atom stereocenters. The van der Waals surface area contributed by atoms with E-state index in [0.717, 1.165) is 5.56 Å². The molecule has 0 bridgehead atoms. The summed E-state index contributed by atoms with van der Waals surface area (Å²) in [6.07, 6.45) is 0. The van der Waals surface area contributed by atoms with Crippen molar-refractivity contribution in [2.45, 2.75) is 6.54 Å². The van der Waals surface area contributed by atoms with Gasteiger partial charge in [0.15, 0.2) is 6.61 Å². The van der Waals surface area contributed by atoms with Crippen molar-refractivity contribution in [3.8, 4) is 5.75 Å². The van der Waals surface area contributed by atoms with Gasteiger partial charge in [-0.15, -0.1) is 0 Å². The molecule has 0 fully saturated rings. The third-order valence-electron chi connectivity index (χ3n) is 1.91. The largest absolute Gasteiger partial charge is 0.484 e. The van der Waals surface area contributed by atoms with Crippen molar-refractivity contribution in [3.63, 3.8) is 0 Å². The van der Waals surface area contributed by atoms with Crippen molar-refractivity contribution in [2.24, 2.45) is 5.73 Å². The molecule has 0 saturated heterocycles. The summed E-state index contributed by atoms with van der Waals surface area (Å²) in [6.45, 7) is 0.221. The maximum atomic E-state index is 10.5. The number of nitrogens with two attached hydrogens (primary N) is 1. The minimum atomic E-state index is -0.897. The Morgan fingerprint density at radius 3 is 2.47 bits per heavy atom. The van der Waals surface area contributed by atoms with Gasteiger partial charge in [0.25, 0.3) is 5.91 Å². The smallest absolute Gasteiger partial charge is 0.317 e. The first-order chi connectivity index (χ1) is 8.08. The Labute approximate surface area is 98.4 Å². The molecule has 6 heteroatoms. The van der Waals surface area contributed by atoms with Gasteiger partial charge in [-0.1, -0.05) is 12.1 Å². The number of ether oxygens (including phenoxy) is 1. The van der Waals surface area contributed by atoms with Crippen LogP contribution in [0, 0.1) is 0 Å². The third kappa shape index (κ3) is 5.53. The Kier molecular flexibility index (Phi) is 4.96. The second-order valence-corrected chi connectivity index (χ2v) is 3.40. The number of amides is 1. The van der Waals surface area contributed by atoms with Crippen LogP contribution in [-0.4, -0.2) is 30.1 Å². The normalized spacial score (nSPS) is 9.88. The van der Waals surface area contributed by atoms with Crippen molar-refractivity contribution in [2.75, 3.05) is 13.2 Å². The van der Waals surface area contributed by atoms with Crippen LogP contribution in [0.3, 0.4) is 0 Å². The highest BCUT2D eigenvalue weighted by Crippen LogP contribution is 2.11. The number of aliphatic carboxylic acids is 1. The van der Waals surface area contributed by atoms with Gasteiger partial charge in [-0.3, -0.25) is 9.59 Å². The number of hydrogen-bond donors (Lipinski definition) is 3. The summed E-state index contributed by atoms with van der Waals surface area (Å²) >= 11 is 0. The van der Waals surface area contributed by atoms with Crippen molar-refractivity contribution in [1.82, 2.24) is 5.32 Å². The van der Waals surface area contributed by atoms with E-state index < -0.39 is 11.9 Å². The monoisotopic (exact) mass is 238 g/mol. The molecule has 0 heterocycles. The predicted molar refractivity (Wildman–Crippen MR) is 60.5 cm³/mol. The molecule has 0 aliphatic heterocycles. The number of carboxylic acid groups (broad SMARTS) is 1. The minimum Gasteiger partial charge on any atom is -0.484 e. The SMILES string of the molecule is NC(=O)COc1ccc(CNCC(=O)O)cc1. The maximum Gasteiger partial charge on any atom is 0.317 e. The quantitative estimate of drug-likeness (QED) is 0.606. The Bertz CT molecular complexity index is 389. The Balaban J connectivity index is 2.39. The molecule has 4 N–H and O–H groups in total. The number of carboxylic acids is 1. The molecule has 92 valence electrons. The zero-order chi connectivity index (χ0) is 12.7. The van der Waals surface area contributed by atoms with Crippen molar-refractivity contribution in [1.29, 1.82) is 0 Å². The van der Waals surface area contributed by atoms with Gasteiger partial charge in [0.2, 0.25) is 0 Å². The summed E-state index contributed by atoms with van der Waals surface area (Å²) < 4.78 is 5.08. The fourth-order valence-corrected chi connectivity index (χ4v) is 1.17. The average Bonchev–Trinajstić information content (AvgIpc) is 2.27. The number of carbonyl (C=O) groups is 2. The molecule has 0 aliphatic carbocycles. The molecule has 0 atom stereocenters. The summed E-state index contributed by atoms with van der Waals surface area (Å²) in [5.41, 5.74) is 5.86. The molecule has 1 aromatic carbocycles. The van der Waals surface area contributed by atoms with Crippen LogP contribution in [0.15, 0.2) is 24.3 Å². The molecule has 1 amide bonds. The summed E-state index contributed by atoms with van der Waals surface area (Å²) in [5, 5.41) is 11.2. The van der Waals surface area contributed by atoms with Crippen LogP contribution in [0.1, 0.15) is 5.56 Å². The van der Waals surface area contributed by atoms with Crippen LogP contribution in [0.25, 0.3) is 0 Å². The number of primary amides is 1. The maximum absolute atomic E-state index is 10.5. The fraction of sp³-hybridized carbons (Fsp3) is 0.273. The van der Waals surface area contributed by atoms with Crippen molar-refractivity contribution in [3.05, 3.63) is 29.8 Å². The molecular formula is C11H14N2O4. The summed E-state index contributed by atoms with van der Waals surface area (Å²) in [4.78, 5) is 20.7.